The predicted octanol–water partition coefficient (Wildman–Crippen LogP) is 6.79. The van der Waals surface area contributed by atoms with Crippen molar-refractivity contribution >= 4 is 0 Å². The van der Waals surface area contributed by atoms with E-state index in [0.29, 0.717) is 5.41 Å². The van der Waals surface area contributed by atoms with Gasteiger partial charge in [-0.1, -0.05) is 27.7 Å². The molecular formula is C25H40. The number of fused-ring (bicyclic) bond motifs is 3. The summed E-state index contributed by atoms with van der Waals surface area (Å²) in [4.78, 5) is 0. The van der Waals surface area contributed by atoms with Crippen LogP contribution in [0.1, 0.15) is 85.5 Å². The SMILES string of the molecule is CC(CC1CC2C(C1)C2C1C2CC(C(C)(C)C)CC21)C12CCC(C1)C2. The lowest BCUT2D eigenvalue weighted by atomic mass is 9.61. The van der Waals surface area contributed by atoms with Gasteiger partial charge in [-0.3, -0.25) is 0 Å². The van der Waals surface area contributed by atoms with E-state index in [4.69, 9.17) is 0 Å². The molecule has 0 aromatic heterocycles. The molecule has 0 heteroatoms. The van der Waals surface area contributed by atoms with Gasteiger partial charge in [-0.15, -0.1) is 0 Å². The number of hydrogen-bond donors (Lipinski definition) is 0. The molecule has 140 valence electrons. The highest BCUT2D eigenvalue weighted by atomic mass is 14.7. The maximum absolute atomic E-state index is 2.63. The van der Waals surface area contributed by atoms with Crippen LogP contribution in [-0.2, 0) is 0 Å². The summed E-state index contributed by atoms with van der Waals surface area (Å²) >= 11 is 0. The Kier molecular flexibility index (Phi) is 3.12. The maximum atomic E-state index is 2.63. The standard InChI is InChI=1S/C25H40/c1-14(25-6-5-15(12-25)13-25)7-16-8-18-19(9-16)22(18)23-20-10-17(11-21(20)23)24(2,3)4/h14-23H,5-13H2,1-4H3. The molecule has 7 aliphatic carbocycles. The molecule has 0 N–H and O–H groups in total. The third-order valence-electron chi connectivity index (χ3n) is 11.0. The molecule has 7 saturated carbocycles. The highest BCUT2D eigenvalue weighted by Gasteiger charge is 2.70. The summed E-state index contributed by atoms with van der Waals surface area (Å²) < 4.78 is 0. The third-order valence-corrected chi connectivity index (χ3v) is 11.0. The Bertz CT molecular complexity index is 532. The van der Waals surface area contributed by atoms with Crippen molar-refractivity contribution in [3.05, 3.63) is 0 Å². The fraction of sp³-hybridized carbons (Fsp3) is 1.00. The van der Waals surface area contributed by atoms with Crippen LogP contribution in [0.15, 0.2) is 0 Å². The molecule has 0 nitrogen and oxygen atoms in total. The van der Waals surface area contributed by atoms with E-state index in [1.165, 1.54) is 35.5 Å². The van der Waals surface area contributed by atoms with Crippen molar-refractivity contribution in [3.63, 3.8) is 0 Å². The highest BCUT2D eigenvalue weighted by Crippen LogP contribution is 2.76. The van der Waals surface area contributed by atoms with Gasteiger partial charge in [-0.2, -0.15) is 0 Å². The molecule has 7 aliphatic rings. The largest absolute Gasteiger partial charge is 0.0620 e. The summed E-state index contributed by atoms with van der Waals surface area (Å²) in [6.07, 6.45) is 14.4. The normalized spacial score (nSPS) is 59.3. The van der Waals surface area contributed by atoms with Gasteiger partial charge in [0, 0.05) is 0 Å². The summed E-state index contributed by atoms with van der Waals surface area (Å²) in [6, 6.07) is 0. The van der Waals surface area contributed by atoms with Gasteiger partial charge in [0.25, 0.3) is 0 Å². The van der Waals surface area contributed by atoms with Crippen molar-refractivity contribution in [2.24, 2.45) is 70.0 Å². The van der Waals surface area contributed by atoms with Gasteiger partial charge in [-0.05, 0) is 128 Å². The Morgan fingerprint density at radius 2 is 1.44 bits per heavy atom. The first-order valence-electron chi connectivity index (χ1n) is 11.9. The lowest BCUT2D eigenvalue weighted by Crippen LogP contribution is -2.35. The first kappa shape index (κ1) is 16.0. The second-order valence-corrected chi connectivity index (χ2v) is 13.0. The Morgan fingerprint density at radius 3 is 1.92 bits per heavy atom. The fourth-order valence-electron chi connectivity index (χ4n) is 9.33. The second kappa shape index (κ2) is 4.88. The van der Waals surface area contributed by atoms with E-state index in [-0.39, 0.29) is 0 Å². The molecule has 7 rings (SSSR count). The van der Waals surface area contributed by atoms with E-state index in [9.17, 15) is 0 Å². The van der Waals surface area contributed by atoms with E-state index in [1.807, 2.05) is 0 Å². The van der Waals surface area contributed by atoms with Crippen molar-refractivity contribution < 1.29 is 0 Å². The third kappa shape index (κ3) is 2.24. The molecule has 5 atom stereocenters. The topological polar surface area (TPSA) is 0 Å². The van der Waals surface area contributed by atoms with Gasteiger partial charge in [0.1, 0.15) is 0 Å². The maximum Gasteiger partial charge on any atom is -0.0266 e. The van der Waals surface area contributed by atoms with Gasteiger partial charge >= 0.3 is 0 Å². The summed E-state index contributed by atoms with van der Waals surface area (Å²) in [7, 11) is 0. The molecule has 2 bridgehead atoms. The average molecular weight is 341 g/mol. The van der Waals surface area contributed by atoms with Gasteiger partial charge in [0.05, 0.1) is 0 Å². The molecule has 25 heavy (non-hydrogen) atoms. The van der Waals surface area contributed by atoms with Crippen LogP contribution in [0.2, 0.25) is 0 Å². The zero-order valence-corrected chi connectivity index (χ0v) is 17.1. The zero-order chi connectivity index (χ0) is 17.1. The molecule has 0 aliphatic heterocycles. The predicted molar refractivity (Wildman–Crippen MR) is 104 cm³/mol. The Hall–Kier alpha value is 0. The molecule has 0 spiro atoms. The van der Waals surface area contributed by atoms with Gasteiger partial charge in [0.15, 0.2) is 0 Å². The molecular weight excluding hydrogens is 300 g/mol. The van der Waals surface area contributed by atoms with Crippen molar-refractivity contribution in [2.45, 2.75) is 85.5 Å². The molecule has 5 unspecified atom stereocenters. The summed E-state index contributed by atoms with van der Waals surface area (Å²) in [5.74, 6) is 11.5. The zero-order valence-electron chi connectivity index (χ0n) is 17.1. The lowest BCUT2D eigenvalue weighted by Gasteiger charge is -2.44. The second-order valence-electron chi connectivity index (χ2n) is 13.0. The number of rotatable bonds is 4. The van der Waals surface area contributed by atoms with Gasteiger partial charge in [0.2, 0.25) is 0 Å². The van der Waals surface area contributed by atoms with Crippen LogP contribution >= 0.6 is 0 Å². The van der Waals surface area contributed by atoms with Crippen LogP contribution in [0.3, 0.4) is 0 Å². The Labute approximate surface area is 155 Å². The van der Waals surface area contributed by atoms with Gasteiger partial charge < -0.3 is 0 Å². The Morgan fingerprint density at radius 1 is 0.880 bits per heavy atom. The van der Waals surface area contributed by atoms with Gasteiger partial charge in [-0.25, -0.2) is 0 Å². The Balaban J connectivity index is 0.999. The quantitative estimate of drug-likeness (QED) is 0.528. The minimum absolute atomic E-state index is 0.568. The first-order valence-corrected chi connectivity index (χ1v) is 11.9. The minimum atomic E-state index is 0.568. The minimum Gasteiger partial charge on any atom is -0.0620 e. The molecule has 0 saturated heterocycles. The van der Waals surface area contributed by atoms with Crippen LogP contribution in [0.25, 0.3) is 0 Å². The molecule has 0 aromatic rings. The monoisotopic (exact) mass is 340 g/mol. The summed E-state index contributed by atoms with van der Waals surface area (Å²) in [5.41, 5.74) is 1.41. The van der Waals surface area contributed by atoms with Crippen LogP contribution < -0.4 is 0 Å². The molecule has 7 fully saturated rings. The van der Waals surface area contributed by atoms with Crippen LogP contribution in [0.4, 0.5) is 0 Å². The summed E-state index contributed by atoms with van der Waals surface area (Å²) in [5, 5.41) is 0. The van der Waals surface area contributed by atoms with Crippen LogP contribution in [0.5, 0.6) is 0 Å². The molecule has 0 heterocycles. The van der Waals surface area contributed by atoms with Crippen molar-refractivity contribution in [1.82, 2.24) is 0 Å². The lowest BCUT2D eigenvalue weighted by molar-refractivity contribution is 0.0550. The fourth-order valence-corrected chi connectivity index (χ4v) is 9.33. The van der Waals surface area contributed by atoms with E-state index < -0.39 is 0 Å². The number of hydrogen-bond acceptors (Lipinski definition) is 0. The van der Waals surface area contributed by atoms with Crippen molar-refractivity contribution in [3.8, 4) is 0 Å². The van der Waals surface area contributed by atoms with E-state index in [1.54, 1.807) is 57.8 Å². The van der Waals surface area contributed by atoms with E-state index >= 15 is 0 Å². The average Bonchev–Trinajstić information content (AvgIpc) is 3.04. The van der Waals surface area contributed by atoms with Crippen molar-refractivity contribution in [1.29, 1.82) is 0 Å². The van der Waals surface area contributed by atoms with Crippen LogP contribution in [-0.4, -0.2) is 0 Å². The summed E-state index contributed by atoms with van der Waals surface area (Å²) in [6.45, 7) is 10.1. The first-order chi connectivity index (χ1) is 11.9. The molecule has 0 aromatic carbocycles. The van der Waals surface area contributed by atoms with E-state index in [2.05, 4.69) is 27.7 Å². The smallest absolute Gasteiger partial charge is 0.0266 e. The van der Waals surface area contributed by atoms with Crippen molar-refractivity contribution in [2.75, 3.05) is 0 Å². The molecule has 0 amide bonds. The highest BCUT2D eigenvalue weighted by molar-refractivity contribution is 5.18. The van der Waals surface area contributed by atoms with Crippen LogP contribution in [0, 0.1) is 70.0 Å². The molecule has 0 radical (unpaired) electrons. The van der Waals surface area contributed by atoms with E-state index in [0.717, 1.165) is 29.1 Å².